The van der Waals surface area contributed by atoms with Crippen LogP contribution in [0.2, 0.25) is 5.02 Å². The van der Waals surface area contributed by atoms with Crippen molar-refractivity contribution in [3.63, 3.8) is 0 Å². The molecule has 9 heteroatoms. The van der Waals surface area contributed by atoms with Gasteiger partial charge in [0.05, 0.1) is 10.8 Å². The maximum atomic E-state index is 12.1. The Morgan fingerprint density at radius 1 is 1.28 bits per heavy atom. The molecule has 0 saturated heterocycles. The Morgan fingerprint density at radius 3 is 2.60 bits per heavy atom. The molecule has 25 heavy (non-hydrogen) atoms. The third kappa shape index (κ3) is 4.94. The molecule has 6 nitrogen and oxygen atoms in total. The van der Waals surface area contributed by atoms with Gasteiger partial charge in [0.15, 0.2) is 0 Å². The fraction of sp³-hybridized carbons (Fsp3) is 0.250. The molecule has 0 aliphatic rings. The highest BCUT2D eigenvalue weighted by Crippen LogP contribution is 2.24. The number of rotatable bonds is 6. The highest BCUT2D eigenvalue weighted by atomic mass is 35.5. The number of sulfonamides is 1. The molecule has 0 atom stereocenters. The van der Waals surface area contributed by atoms with Crippen LogP contribution in [-0.2, 0) is 14.8 Å². The summed E-state index contributed by atoms with van der Waals surface area (Å²) in [5, 5.41) is 3.95. The molecule has 134 valence electrons. The van der Waals surface area contributed by atoms with E-state index in [0.717, 1.165) is 9.87 Å². The zero-order valence-electron chi connectivity index (χ0n) is 14.0. The van der Waals surface area contributed by atoms with Crippen LogP contribution >= 0.6 is 23.4 Å². The average molecular weight is 400 g/mol. The van der Waals surface area contributed by atoms with E-state index in [0.29, 0.717) is 15.7 Å². The first-order chi connectivity index (χ1) is 11.7. The first-order valence-electron chi connectivity index (χ1n) is 7.28. The monoisotopic (exact) mass is 399 g/mol. The number of nitrogens with one attached hydrogen (secondary N) is 1. The summed E-state index contributed by atoms with van der Waals surface area (Å²) in [4.78, 5) is 16.3. The van der Waals surface area contributed by atoms with Crippen LogP contribution in [0.4, 0.5) is 5.69 Å². The van der Waals surface area contributed by atoms with Gasteiger partial charge in [-0.15, -0.1) is 0 Å². The Morgan fingerprint density at radius 2 is 2.00 bits per heavy atom. The summed E-state index contributed by atoms with van der Waals surface area (Å²) in [5.41, 5.74) is 1.47. The second-order valence-electron chi connectivity index (χ2n) is 5.37. The van der Waals surface area contributed by atoms with E-state index < -0.39 is 10.0 Å². The molecule has 0 fully saturated rings. The van der Waals surface area contributed by atoms with Crippen molar-refractivity contribution < 1.29 is 13.2 Å². The minimum absolute atomic E-state index is 0.112. The van der Waals surface area contributed by atoms with Gasteiger partial charge in [-0.1, -0.05) is 29.4 Å². The lowest BCUT2D eigenvalue weighted by Gasteiger charge is -2.11. The van der Waals surface area contributed by atoms with Gasteiger partial charge in [0.25, 0.3) is 0 Å². The summed E-state index contributed by atoms with van der Waals surface area (Å²) < 4.78 is 25.1. The molecule has 0 bridgehead atoms. The molecule has 1 heterocycles. The lowest BCUT2D eigenvalue weighted by atomic mass is 10.2. The lowest BCUT2D eigenvalue weighted by Crippen LogP contribution is -2.22. The van der Waals surface area contributed by atoms with Crippen molar-refractivity contribution in [2.45, 2.75) is 16.8 Å². The number of pyridine rings is 1. The van der Waals surface area contributed by atoms with Crippen LogP contribution in [0.1, 0.15) is 5.56 Å². The van der Waals surface area contributed by atoms with Gasteiger partial charge in [0.1, 0.15) is 4.90 Å². The molecule has 1 amide bonds. The van der Waals surface area contributed by atoms with E-state index >= 15 is 0 Å². The van der Waals surface area contributed by atoms with E-state index in [9.17, 15) is 13.2 Å². The summed E-state index contributed by atoms with van der Waals surface area (Å²) >= 11 is 7.25. The number of hydrogen-bond donors (Lipinski definition) is 1. The number of hydrogen-bond acceptors (Lipinski definition) is 5. The van der Waals surface area contributed by atoms with Crippen LogP contribution in [0.15, 0.2) is 46.5 Å². The first kappa shape index (κ1) is 19.7. The molecule has 0 spiro atoms. The zero-order chi connectivity index (χ0) is 18.6. The third-order valence-corrected chi connectivity index (χ3v) is 6.53. The van der Waals surface area contributed by atoms with Crippen molar-refractivity contribution in [1.29, 1.82) is 0 Å². The standard InChI is InChI=1S/C16H18ClN3O3S2/c1-11-13(17)5-4-6-14(11)19-15(21)10-24-16-8-7-12(9-18-16)25(22,23)20(2)3/h4-9H,10H2,1-3H3,(H,19,21). The minimum Gasteiger partial charge on any atom is -0.325 e. The van der Waals surface area contributed by atoms with E-state index in [-0.39, 0.29) is 16.6 Å². The molecule has 0 radical (unpaired) electrons. The number of nitrogens with zero attached hydrogens (tertiary/aromatic N) is 2. The molecule has 1 aromatic carbocycles. The van der Waals surface area contributed by atoms with Crippen molar-refractivity contribution >= 4 is 45.0 Å². The number of aromatic nitrogens is 1. The van der Waals surface area contributed by atoms with Gasteiger partial charge in [-0.05, 0) is 36.8 Å². The van der Waals surface area contributed by atoms with Crippen molar-refractivity contribution in [3.8, 4) is 0 Å². The average Bonchev–Trinajstić information content (AvgIpc) is 2.57. The smallest absolute Gasteiger partial charge is 0.244 e. The van der Waals surface area contributed by atoms with E-state index in [4.69, 9.17) is 11.6 Å². The molecule has 1 aromatic heterocycles. The zero-order valence-corrected chi connectivity index (χ0v) is 16.4. The van der Waals surface area contributed by atoms with Crippen molar-refractivity contribution in [2.75, 3.05) is 25.2 Å². The van der Waals surface area contributed by atoms with Crippen molar-refractivity contribution in [3.05, 3.63) is 47.1 Å². The number of amides is 1. The Kier molecular flexibility index (Phi) is 6.45. The van der Waals surface area contributed by atoms with Gasteiger partial charge >= 0.3 is 0 Å². The number of carbonyl (C=O) groups is 1. The van der Waals surface area contributed by atoms with Crippen LogP contribution in [0, 0.1) is 6.92 Å². The summed E-state index contributed by atoms with van der Waals surface area (Å²) in [6.07, 6.45) is 1.29. The van der Waals surface area contributed by atoms with Gasteiger partial charge in [-0.25, -0.2) is 17.7 Å². The van der Waals surface area contributed by atoms with E-state index in [1.807, 2.05) is 6.92 Å². The topological polar surface area (TPSA) is 79.4 Å². The Labute approximate surface area is 156 Å². The van der Waals surface area contributed by atoms with Crippen molar-refractivity contribution in [2.24, 2.45) is 0 Å². The van der Waals surface area contributed by atoms with Gasteiger partial charge in [-0.3, -0.25) is 4.79 Å². The molecule has 0 unspecified atom stereocenters. The van der Waals surface area contributed by atoms with Gasteiger partial charge < -0.3 is 5.32 Å². The highest BCUT2D eigenvalue weighted by molar-refractivity contribution is 7.99. The molecule has 1 N–H and O–H groups in total. The molecule has 0 aliphatic heterocycles. The predicted octanol–water partition coefficient (Wildman–Crippen LogP) is 3.02. The number of benzene rings is 1. The van der Waals surface area contributed by atoms with Crippen LogP contribution in [0.3, 0.4) is 0 Å². The van der Waals surface area contributed by atoms with Gasteiger partial charge in [-0.2, -0.15) is 0 Å². The number of anilines is 1. The van der Waals surface area contributed by atoms with E-state index in [2.05, 4.69) is 10.3 Å². The highest BCUT2D eigenvalue weighted by Gasteiger charge is 2.17. The van der Waals surface area contributed by atoms with Crippen LogP contribution in [0.25, 0.3) is 0 Å². The Balaban J connectivity index is 1.97. The van der Waals surface area contributed by atoms with Crippen LogP contribution < -0.4 is 5.32 Å². The summed E-state index contributed by atoms with van der Waals surface area (Å²) in [7, 11) is -0.588. The maximum Gasteiger partial charge on any atom is 0.244 e. The minimum atomic E-state index is -3.50. The SMILES string of the molecule is Cc1c(Cl)cccc1NC(=O)CSc1ccc(S(=O)(=O)N(C)C)cn1. The van der Waals surface area contributed by atoms with Gasteiger partial charge in [0.2, 0.25) is 15.9 Å². The first-order valence-corrected chi connectivity index (χ1v) is 10.1. The summed E-state index contributed by atoms with van der Waals surface area (Å²) in [5.74, 6) is -0.0409. The van der Waals surface area contributed by atoms with Crippen molar-refractivity contribution in [1.82, 2.24) is 9.29 Å². The van der Waals surface area contributed by atoms with Crippen LogP contribution in [0.5, 0.6) is 0 Å². The van der Waals surface area contributed by atoms with Gasteiger partial charge in [0, 0.05) is 31.0 Å². The number of thioether (sulfide) groups is 1. The number of halogens is 1. The lowest BCUT2D eigenvalue weighted by molar-refractivity contribution is -0.113. The predicted molar refractivity (Wildman–Crippen MR) is 101 cm³/mol. The van der Waals surface area contributed by atoms with E-state index in [1.165, 1.54) is 38.1 Å². The third-order valence-electron chi connectivity index (χ3n) is 3.38. The Hall–Kier alpha value is -1.61. The maximum absolute atomic E-state index is 12.1. The molecular weight excluding hydrogens is 382 g/mol. The molecule has 2 aromatic rings. The molecule has 0 aliphatic carbocycles. The molecular formula is C16H18ClN3O3S2. The largest absolute Gasteiger partial charge is 0.325 e. The molecule has 0 saturated carbocycles. The summed E-state index contributed by atoms with van der Waals surface area (Å²) in [6, 6.07) is 8.36. The second kappa shape index (κ2) is 8.18. The fourth-order valence-corrected chi connectivity index (χ4v) is 3.55. The second-order valence-corrected chi connectivity index (χ2v) is 8.92. The Bertz CT molecular complexity index is 869. The number of carbonyl (C=O) groups excluding carboxylic acids is 1. The van der Waals surface area contributed by atoms with E-state index in [1.54, 1.807) is 24.3 Å². The summed E-state index contributed by atoms with van der Waals surface area (Å²) in [6.45, 7) is 1.83. The quantitative estimate of drug-likeness (QED) is 0.755. The van der Waals surface area contributed by atoms with Crippen LogP contribution in [-0.4, -0.2) is 43.5 Å². The molecule has 2 rings (SSSR count). The fourth-order valence-electron chi connectivity index (χ4n) is 1.88. The normalized spacial score (nSPS) is 11.6.